The Labute approximate surface area is 95.7 Å². The van der Waals surface area contributed by atoms with Crippen molar-refractivity contribution in [2.75, 3.05) is 7.11 Å². The minimum atomic E-state index is -0.430. The average Bonchev–Trinajstić information content (AvgIpc) is 2.29. The SMILES string of the molecule is CCC(C)(C#N)Cc1ccc(OC)c(F)c1. The molecular formula is C13H16FNO. The van der Waals surface area contributed by atoms with Crippen LogP contribution in [0.1, 0.15) is 25.8 Å². The minimum absolute atomic E-state index is 0.235. The van der Waals surface area contributed by atoms with E-state index >= 15 is 0 Å². The lowest BCUT2D eigenvalue weighted by atomic mass is 9.83. The first-order valence-corrected chi connectivity index (χ1v) is 5.28. The highest BCUT2D eigenvalue weighted by Crippen LogP contribution is 2.27. The van der Waals surface area contributed by atoms with Crippen molar-refractivity contribution in [3.05, 3.63) is 29.6 Å². The molecule has 0 saturated heterocycles. The molecule has 0 heterocycles. The van der Waals surface area contributed by atoms with E-state index in [1.807, 2.05) is 13.8 Å². The van der Waals surface area contributed by atoms with Gasteiger partial charge in [0.1, 0.15) is 0 Å². The maximum Gasteiger partial charge on any atom is 0.165 e. The third-order valence-electron chi connectivity index (χ3n) is 2.86. The van der Waals surface area contributed by atoms with Crippen molar-refractivity contribution in [1.29, 1.82) is 5.26 Å². The summed E-state index contributed by atoms with van der Waals surface area (Å²) in [4.78, 5) is 0. The summed E-state index contributed by atoms with van der Waals surface area (Å²) < 4.78 is 18.3. The van der Waals surface area contributed by atoms with Gasteiger partial charge in [-0.3, -0.25) is 0 Å². The number of nitrogens with zero attached hydrogens (tertiary/aromatic N) is 1. The third kappa shape index (κ3) is 2.73. The van der Waals surface area contributed by atoms with E-state index in [9.17, 15) is 4.39 Å². The maximum absolute atomic E-state index is 13.4. The van der Waals surface area contributed by atoms with E-state index in [1.54, 1.807) is 12.1 Å². The lowest BCUT2D eigenvalue weighted by molar-refractivity contribution is 0.384. The van der Waals surface area contributed by atoms with Crippen LogP contribution in [0.5, 0.6) is 5.75 Å². The number of methoxy groups -OCH3 is 1. The summed E-state index contributed by atoms with van der Waals surface area (Å²) in [6, 6.07) is 7.10. The molecule has 0 saturated carbocycles. The molecule has 0 aliphatic heterocycles. The number of benzene rings is 1. The minimum Gasteiger partial charge on any atom is -0.494 e. The second kappa shape index (κ2) is 4.98. The molecule has 0 aliphatic rings. The van der Waals surface area contributed by atoms with Gasteiger partial charge < -0.3 is 4.74 Å². The van der Waals surface area contributed by atoms with Crippen LogP contribution in [0.15, 0.2) is 18.2 Å². The van der Waals surface area contributed by atoms with Gasteiger partial charge in [0.2, 0.25) is 0 Å². The highest BCUT2D eigenvalue weighted by molar-refractivity contribution is 5.30. The van der Waals surface area contributed by atoms with Crippen molar-refractivity contribution in [3.8, 4) is 11.8 Å². The molecule has 1 aromatic rings. The Kier molecular flexibility index (Phi) is 3.89. The summed E-state index contributed by atoms with van der Waals surface area (Å²) in [6.45, 7) is 3.85. The molecule has 86 valence electrons. The Morgan fingerprint density at radius 1 is 1.50 bits per heavy atom. The molecule has 1 aromatic carbocycles. The molecule has 3 heteroatoms. The van der Waals surface area contributed by atoms with E-state index in [2.05, 4.69) is 6.07 Å². The van der Waals surface area contributed by atoms with Gasteiger partial charge in [-0.1, -0.05) is 13.0 Å². The van der Waals surface area contributed by atoms with E-state index in [4.69, 9.17) is 10.00 Å². The quantitative estimate of drug-likeness (QED) is 0.781. The Bertz CT molecular complexity index is 411. The molecule has 0 aromatic heterocycles. The maximum atomic E-state index is 13.4. The fourth-order valence-corrected chi connectivity index (χ4v) is 1.51. The third-order valence-corrected chi connectivity index (χ3v) is 2.86. The van der Waals surface area contributed by atoms with Crippen LogP contribution in [0, 0.1) is 22.6 Å². The summed E-state index contributed by atoms with van der Waals surface area (Å²) in [6.07, 6.45) is 1.30. The number of nitriles is 1. The smallest absolute Gasteiger partial charge is 0.165 e. The van der Waals surface area contributed by atoms with E-state index in [1.165, 1.54) is 13.2 Å². The number of ether oxygens (including phenoxy) is 1. The van der Waals surface area contributed by atoms with Gasteiger partial charge in [0.15, 0.2) is 11.6 Å². The largest absolute Gasteiger partial charge is 0.494 e. The molecule has 2 nitrogen and oxygen atoms in total. The Morgan fingerprint density at radius 2 is 2.19 bits per heavy atom. The zero-order valence-corrected chi connectivity index (χ0v) is 9.88. The van der Waals surface area contributed by atoms with Crippen molar-refractivity contribution in [2.24, 2.45) is 5.41 Å². The Hall–Kier alpha value is -1.56. The molecule has 0 radical (unpaired) electrons. The molecule has 0 spiro atoms. The summed E-state index contributed by atoms with van der Waals surface area (Å²) in [5.41, 5.74) is 0.394. The standard InChI is InChI=1S/C13H16FNO/c1-4-13(2,9-15)8-10-5-6-12(16-3)11(14)7-10/h5-7H,4,8H2,1-3H3. The molecule has 0 bridgehead atoms. The van der Waals surface area contributed by atoms with Gasteiger partial charge in [-0.2, -0.15) is 5.26 Å². The highest BCUT2D eigenvalue weighted by atomic mass is 19.1. The number of hydrogen-bond acceptors (Lipinski definition) is 2. The van der Waals surface area contributed by atoms with Gasteiger partial charge in [-0.25, -0.2) is 4.39 Å². The predicted octanol–water partition coefficient (Wildman–Crippen LogP) is 3.32. The normalized spacial score (nSPS) is 13.9. The van der Waals surface area contributed by atoms with Crippen molar-refractivity contribution in [1.82, 2.24) is 0 Å². The van der Waals surface area contributed by atoms with Crippen LogP contribution in [-0.4, -0.2) is 7.11 Å². The van der Waals surface area contributed by atoms with Crippen LogP contribution in [0.4, 0.5) is 4.39 Å². The van der Waals surface area contributed by atoms with Gasteiger partial charge in [-0.15, -0.1) is 0 Å². The summed E-state index contributed by atoms with van der Waals surface area (Å²) >= 11 is 0. The average molecular weight is 221 g/mol. The van der Waals surface area contributed by atoms with E-state index < -0.39 is 5.41 Å². The second-order valence-corrected chi connectivity index (χ2v) is 4.17. The van der Waals surface area contributed by atoms with E-state index in [-0.39, 0.29) is 11.6 Å². The topological polar surface area (TPSA) is 33.0 Å². The van der Waals surface area contributed by atoms with Crippen LogP contribution in [0.25, 0.3) is 0 Å². The number of rotatable bonds is 4. The van der Waals surface area contributed by atoms with E-state index in [0.717, 1.165) is 12.0 Å². The van der Waals surface area contributed by atoms with E-state index in [0.29, 0.717) is 6.42 Å². The van der Waals surface area contributed by atoms with Crippen LogP contribution in [0.2, 0.25) is 0 Å². The van der Waals surface area contributed by atoms with Gasteiger partial charge >= 0.3 is 0 Å². The van der Waals surface area contributed by atoms with Gasteiger partial charge in [0.05, 0.1) is 18.6 Å². The lowest BCUT2D eigenvalue weighted by Crippen LogP contribution is -2.15. The van der Waals surface area contributed by atoms with Crippen LogP contribution in [0.3, 0.4) is 0 Å². The molecule has 0 fully saturated rings. The fourth-order valence-electron chi connectivity index (χ4n) is 1.51. The molecule has 1 atom stereocenters. The van der Waals surface area contributed by atoms with Crippen LogP contribution in [-0.2, 0) is 6.42 Å². The monoisotopic (exact) mass is 221 g/mol. The van der Waals surface area contributed by atoms with Gasteiger partial charge in [-0.05, 0) is 37.5 Å². The molecule has 0 aliphatic carbocycles. The van der Waals surface area contributed by atoms with Gasteiger partial charge in [0.25, 0.3) is 0 Å². The second-order valence-electron chi connectivity index (χ2n) is 4.17. The fraction of sp³-hybridized carbons (Fsp3) is 0.462. The van der Waals surface area contributed by atoms with Crippen molar-refractivity contribution < 1.29 is 9.13 Å². The van der Waals surface area contributed by atoms with Crippen LogP contribution < -0.4 is 4.74 Å². The summed E-state index contributed by atoms with van der Waals surface area (Å²) in [5.74, 6) is -0.143. The zero-order valence-electron chi connectivity index (χ0n) is 9.88. The Balaban J connectivity index is 2.91. The molecule has 1 unspecified atom stereocenters. The number of halogens is 1. The number of hydrogen-bond donors (Lipinski definition) is 0. The molecule has 0 N–H and O–H groups in total. The zero-order chi connectivity index (χ0) is 12.2. The van der Waals surface area contributed by atoms with Crippen molar-refractivity contribution in [2.45, 2.75) is 26.7 Å². The predicted molar refractivity (Wildman–Crippen MR) is 60.7 cm³/mol. The van der Waals surface area contributed by atoms with Crippen molar-refractivity contribution >= 4 is 0 Å². The van der Waals surface area contributed by atoms with Crippen LogP contribution >= 0.6 is 0 Å². The first-order valence-electron chi connectivity index (χ1n) is 5.28. The first kappa shape index (κ1) is 12.5. The molecule has 1 rings (SSSR count). The molecule has 16 heavy (non-hydrogen) atoms. The van der Waals surface area contributed by atoms with Gasteiger partial charge in [0, 0.05) is 0 Å². The summed E-state index contributed by atoms with van der Waals surface area (Å²) in [7, 11) is 1.43. The first-order chi connectivity index (χ1) is 7.54. The summed E-state index contributed by atoms with van der Waals surface area (Å²) in [5, 5.41) is 9.05. The molecular weight excluding hydrogens is 205 g/mol. The van der Waals surface area contributed by atoms with Crippen molar-refractivity contribution in [3.63, 3.8) is 0 Å². The Morgan fingerprint density at radius 3 is 2.62 bits per heavy atom. The highest BCUT2D eigenvalue weighted by Gasteiger charge is 2.22. The lowest BCUT2D eigenvalue weighted by Gasteiger charge is -2.19. The molecule has 0 amide bonds.